The van der Waals surface area contributed by atoms with Gasteiger partial charge in [-0.25, -0.2) is 21.9 Å². The smallest absolute Gasteiger partial charge is 0.211 e. The first-order valence-corrected chi connectivity index (χ1v) is 11.5. The molecule has 0 aromatic heterocycles. The maximum atomic E-state index is 12.4. The Hall–Kier alpha value is -1.62. The average Bonchev–Trinajstić information content (AvgIpc) is 3.07. The van der Waals surface area contributed by atoms with Crippen LogP contribution in [-0.4, -0.2) is 54.7 Å². The summed E-state index contributed by atoms with van der Waals surface area (Å²) in [5.41, 5.74) is 1.55. The van der Waals surface area contributed by atoms with Crippen molar-refractivity contribution in [1.29, 1.82) is 0 Å². The molecule has 10 heteroatoms. The Kier molecular flexibility index (Phi) is 4.80. The molecule has 25 heavy (non-hydrogen) atoms. The van der Waals surface area contributed by atoms with Crippen LogP contribution in [0.2, 0.25) is 0 Å². The molecule has 0 spiro atoms. The third kappa shape index (κ3) is 3.81. The number of azo groups is 1. The van der Waals surface area contributed by atoms with Gasteiger partial charge in [-0.05, 0) is 36.3 Å². The lowest BCUT2D eigenvalue weighted by Crippen LogP contribution is -2.37. The monoisotopic (exact) mass is 383 g/mol. The van der Waals surface area contributed by atoms with E-state index in [0.29, 0.717) is 42.2 Å². The highest BCUT2D eigenvalue weighted by atomic mass is 32.2. The van der Waals surface area contributed by atoms with Crippen LogP contribution in [0.4, 0.5) is 0 Å². The molecule has 2 N–H and O–H groups in total. The van der Waals surface area contributed by atoms with Crippen molar-refractivity contribution in [2.45, 2.75) is 23.7 Å². The van der Waals surface area contributed by atoms with E-state index in [-0.39, 0.29) is 12.6 Å². The zero-order valence-corrected chi connectivity index (χ0v) is 15.6. The van der Waals surface area contributed by atoms with Crippen LogP contribution >= 0.6 is 0 Å². The highest BCUT2D eigenvalue weighted by molar-refractivity contribution is 7.98. The first-order chi connectivity index (χ1) is 11.7. The molecule has 8 nitrogen and oxygen atoms in total. The molecule has 0 saturated carbocycles. The Bertz CT molecular complexity index is 943. The van der Waals surface area contributed by atoms with Gasteiger partial charge in [0, 0.05) is 18.7 Å². The van der Waals surface area contributed by atoms with Gasteiger partial charge in [0.15, 0.2) is 12.5 Å². The number of amidine groups is 1. The number of nitrogens with two attached hydrogens (primary N) is 1. The van der Waals surface area contributed by atoms with E-state index in [0.717, 1.165) is 5.56 Å². The molecule has 136 valence electrons. The largest absolute Gasteiger partial charge is 0.256 e. The van der Waals surface area contributed by atoms with Gasteiger partial charge in [-0.3, -0.25) is 5.14 Å². The zero-order valence-electron chi connectivity index (χ0n) is 14.0. The first-order valence-electron chi connectivity index (χ1n) is 7.83. The summed E-state index contributed by atoms with van der Waals surface area (Å²) in [5.74, 6) is 4.11. The molecule has 0 radical (unpaired) electrons. The van der Waals surface area contributed by atoms with E-state index in [4.69, 9.17) is 5.14 Å². The van der Waals surface area contributed by atoms with E-state index in [9.17, 15) is 12.6 Å². The van der Waals surface area contributed by atoms with E-state index in [1.807, 2.05) is 6.07 Å². The summed E-state index contributed by atoms with van der Waals surface area (Å²) in [7, 11) is -6.14. The summed E-state index contributed by atoms with van der Waals surface area (Å²) < 4.78 is 37.3. The summed E-state index contributed by atoms with van der Waals surface area (Å²) in [6.07, 6.45) is 2.55. The molecular formula is C15H21N5O3S2. The van der Waals surface area contributed by atoms with Crippen molar-refractivity contribution in [2.24, 2.45) is 20.4 Å². The van der Waals surface area contributed by atoms with Crippen molar-refractivity contribution in [1.82, 2.24) is 4.31 Å². The third-order valence-corrected chi connectivity index (χ3v) is 6.85. The molecule has 2 aliphatic heterocycles. The lowest BCUT2D eigenvalue weighted by Gasteiger charge is -2.31. The van der Waals surface area contributed by atoms with Crippen molar-refractivity contribution in [3.8, 4) is 0 Å². The normalized spacial score (nSPS) is 21.9. The van der Waals surface area contributed by atoms with Gasteiger partial charge in [-0.2, -0.15) is 5.11 Å². The number of piperidine rings is 1. The molecule has 0 bridgehead atoms. The van der Waals surface area contributed by atoms with Crippen LogP contribution in [0.3, 0.4) is 0 Å². The fourth-order valence-electron chi connectivity index (χ4n) is 3.27. The number of hydrogen-bond donors (Lipinski definition) is 1. The Morgan fingerprint density at radius 2 is 1.92 bits per heavy atom. The molecule has 0 aliphatic carbocycles. The van der Waals surface area contributed by atoms with Crippen molar-refractivity contribution in [3.05, 3.63) is 29.3 Å². The molecule has 2 aliphatic rings. The Morgan fingerprint density at radius 1 is 1.24 bits per heavy atom. The Balaban J connectivity index is 2.02. The molecule has 3 rings (SSSR count). The molecule has 1 unspecified atom stereocenters. The van der Waals surface area contributed by atoms with Crippen molar-refractivity contribution in [3.63, 3.8) is 0 Å². The third-order valence-electron chi connectivity index (χ3n) is 4.47. The van der Waals surface area contributed by atoms with E-state index < -0.39 is 19.7 Å². The van der Waals surface area contributed by atoms with Crippen LogP contribution in [-0.2, 0) is 19.7 Å². The van der Waals surface area contributed by atoms with Crippen molar-refractivity contribution in [2.75, 3.05) is 26.0 Å². The van der Waals surface area contributed by atoms with Crippen molar-refractivity contribution >= 4 is 31.4 Å². The van der Waals surface area contributed by atoms with Crippen LogP contribution in [0.1, 0.15) is 29.9 Å². The fourth-order valence-corrected chi connectivity index (χ4v) is 5.01. The lowest BCUT2D eigenvalue weighted by atomic mass is 9.86. The predicted molar refractivity (Wildman–Crippen MR) is 98.8 cm³/mol. The maximum absolute atomic E-state index is 12.4. The van der Waals surface area contributed by atoms with E-state index in [1.54, 1.807) is 12.1 Å². The number of rotatable bonds is 4. The van der Waals surface area contributed by atoms with Crippen LogP contribution in [0.25, 0.3) is 0 Å². The van der Waals surface area contributed by atoms with Crippen molar-refractivity contribution < 1.29 is 12.6 Å². The lowest BCUT2D eigenvalue weighted by molar-refractivity contribution is 0.321. The minimum Gasteiger partial charge on any atom is -0.256 e. The summed E-state index contributed by atoms with van der Waals surface area (Å²) in [6.45, 7) is 1.13. The van der Waals surface area contributed by atoms with Crippen LogP contribution in [0.15, 0.2) is 38.3 Å². The van der Waals surface area contributed by atoms with E-state index in [1.165, 1.54) is 10.6 Å². The summed E-state index contributed by atoms with van der Waals surface area (Å²) >= 11 is 0. The minimum absolute atomic E-state index is 0.105. The molecular weight excluding hydrogens is 362 g/mol. The highest BCUT2D eigenvalue weighted by Crippen LogP contribution is 2.34. The molecule has 2 heterocycles. The number of hydrogen-bond acceptors (Lipinski definition) is 6. The van der Waals surface area contributed by atoms with Gasteiger partial charge in [-0.1, -0.05) is 12.1 Å². The predicted octanol–water partition coefficient (Wildman–Crippen LogP) is 0.945. The standard InChI is InChI=1S/C15H21N5O3S2/c1-24(16,21)13-5-3-4-12(14(13)15-17-10-18-19-15)11-6-8-20(9-7-11)25(2,22)23/h3-5,11H,1,6-10H2,2H3,(H2,16,21). The van der Waals surface area contributed by atoms with Gasteiger partial charge in [-0.15, -0.1) is 5.11 Å². The first kappa shape index (κ1) is 18.2. The SMILES string of the molecule is C=S(N)(=O)c1cccc(C2CCN(S(C)(=O)=O)CC2)c1C1=NCN=N1. The zero-order chi connectivity index (χ0) is 18.2. The van der Waals surface area contributed by atoms with E-state index in [2.05, 4.69) is 21.1 Å². The topological polar surface area (TPSA) is 118 Å². The molecule has 1 fully saturated rings. The van der Waals surface area contributed by atoms with Gasteiger partial charge in [0.1, 0.15) is 0 Å². The number of benzene rings is 1. The number of aliphatic imine (C=N–C) groups is 1. The second kappa shape index (κ2) is 6.60. The Labute approximate surface area is 148 Å². The second-order valence-corrected chi connectivity index (χ2v) is 10.1. The Morgan fingerprint density at radius 3 is 2.44 bits per heavy atom. The van der Waals surface area contributed by atoms with Crippen LogP contribution < -0.4 is 5.14 Å². The van der Waals surface area contributed by atoms with Gasteiger partial charge >= 0.3 is 0 Å². The number of nitrogens with zero attached hydrogens (tertiary/aromatic N) is 4. The minimum atomic E-state index is -3.19. The van der Waals surface area contributed by atoms with Gasteiger partial charge in [0.25, 0.3) is 0 Å². The average molecular weight is 383 g/mol. The number of sulfonamides is 1. The van der Waals surface area contributed by atoms with Gasteiger partial charge in [0.2, 0.25) is 10.0 Å². The summed E-state index contributed by atoms with van der Waals surface area (Å²) in [5, 5.41) is 13.7. The molecule has 1 aromatic rings. The summed E-state index contributed by atoms with van der Waals surface area (Å²) in [4.78, 5) is 4.67. The fraction of sp³-hybridized carbons (Fsp3) is 0.467. The summed E-state index contributed by atoms with van der Waals surface area (Å²) in [6, 6.07) is 5.40. The van der Waals surface area contributed by atoms with Crippen LogP contribution in [0.5, 0.6) is 0 Å². The van der Waals surface area contributed by atoms with E-state index >= 15 is 0 Å². The quantitative estimate of drug-likeness (QED) is 0.780. The highest BCUT2D eigenvalue weighted by Gasteiger charge is 2.30. The van der Waals surface area contributed by atoms with Gasteiger partial charge < -0.3 is 0 Å². The second-order valence-electron chi connectivity index (χ2n) is 6.25. The van der Waals surface area contributed by atoms with Crippen LogP contribution in [0, 0.1) is 0 Å². The maximum Gasteiger partial charge on any atom is 0.211 e. The molecule has 0 amide bonds. The van der Waals surface area contributed by atoms with Gasteiger partial charge in [0.05, 0.1) is 20.9 Å². The molecule has 1 atom stereocenters. The molecule has 1 aromatic carbocycles. The molecule has 1 saturated heterocycles.